The Hall–Kier alpha value is -4.17. The van der Waals surface area contributed by atoms with Gasteiger partial charge >= 0.3 is 5.97 Å². The highest BCUT2D eigenvalue weighted by atomic mass is 35.5. The molecule has 0 radical (unpaired) electrons. The fourth-order valence-corrected chi connectivity index (χ4v) is 4.12. The molecule has 170 valence electrons. The number of nitrogens with zero attached hydrogens (tertiary/aromatic N) is 4. The summed E-state index contributed by atoms with van der Waals surface area (Å²) in [5.74, 6) is -1.26. The number of fused-ring (bicyclic) bond motifs is 3. The summed E-state index contributed by atoms with van der Waals surface area (Å²) >= 11 is 6.02. The van der Waals surface area contributed by atoms with Crippen molar-refractivity contribution in [2.24, 2.45) is 7.05 Å². The van der Waals surface area contributed by atoms with E-state index in [4.69, 9.17) is 16.7 Å². The van der Waals surface area contributed by atoms with Crippen molar-refractivity contribution in [1.29, 1.82) is 0 Å². The Labute approximate surface area is 199 Å². The summed E-state index contributed by atoms with van der Waals surface area (Å²) in [6.45, 7) is 0.731. The average Bonchev–Trinajstić information content (AvgIpc) is 3.41. The molecule has 0 aliphatic carbocycles. The molecule has 5 rings (SSSR count). The number of aromatic carboxylic acids is 1. The van der Waals surface area contributed by atoms with Gasteiger partial charge in [0.15, 0.2) is 0 Å². The van der Waals surface area contributed by atoms with Gasteiger partial charge in [-0.2, -0.15) is 10.2 Å². The van der Waals surface area contributed by atoms with Gasteiger partial charge in [-0.05, 0) is 41.5 Å². The van der Waals surface area contributed by atoms with Crippen LogP contribution in [0.1, 0.15) is 31.8 Å². The number of aryl methyl sites for hydroxylation is 1. The first-order chi connectivity index (χ1) is 16.4. The molecule has 1 amide bonds. The molecule has 8 nitrogen and oxygen atoms in total. The van der Waals surface area contributed by atoms with E-state index in [0.29, 0.717) is 28.2 Å². The number of aromatic nitrogens is 4. The highest BCUT2D eigenvalue weighted by molar-refractivity contribution is 6.30. The van der Waals surface area contributed by atoms with E-state index in [1.165, 1.54) is 12.1 Å². The number of carboxylic acids is 1. The van der Waals surface area contributed by atoms with Gasteiger partial charge in [-0.3, -0.25) is 14.2 Å². The van der Waals surface area contributed by atoms with E-state index < -0.39 is 5.97 Å². The van der Waals surface area contributed by atoms with E-state index in [-0.39, 0.29) is 18.0 Å². The minimum Gasteiger partial charge on any atom is -0.478 e. The Morgan fingerprint density at radius 3 is 2.44 bits per heavy atom. The maximum absolute atomic E-state index is 13.3. The minimum absolute atomic E-state index is 0.198. The minimum atomic E-state index is -0.990. The molecule has 5 aromatic rings. The molecular weight excluding hydrogens is 454 g/mol. The molecule has 0 atom stereocenters. The zero-order valence-corrected chi connectivity index (χ0v) is 19.0. The lowest BCUT2D eigenvalue weighted by molar-refractivity contribution is 0.0696. The van der Waals surface area contributed by atoms with Crippen LogP contribution in [0.5, 0.6) is 0 Å². The van der Waals surface area contributed by atoms with Crippen LogP contribution >= 0.6 is 11.6 Å². The van der Waals surface area contributed by atoms with Gasteiger partial charge in [0, 0.05) is 35.6 Å². The molecule has 0 aliphatic rings. The third kappa shape index (κ3) is 4.11. The summed E-state index contributed by atoms with van der Waals surface area (Å²) in [5.41, 5.74) is 3.89. The molecule has 0 bridgehead atoms. The van der Waals surface area contributed by atoms with Crippen LogP contribution in [0.25, 0.3) is 21.8 Å². The Balaban J connectivity index is 1.51. The molecule has 0 saturated heterocycles. The van der Waals surface area contributed by atoms with Crippen molar-refractivity contribution in [3.8, 4) is 0 Å². The van der Waals surface area contributed by atoms with E-state index in [2.05, 4.69) is 15.5 Å². The average molecular weight is 474 g/mol. The number of hydrogen-bond donors (Lipinski definition) is 2. The number of rotatable bonds is 6. The summed E-state index contributed by atoms with van der Waals surface area (Å²) in [6, 6.07) is 15.7. The maximum atomic E-state index is 13.3. The molecule has 2 heterocycles. The SMILES string of the molecule is Cn1cc2c(cc(C(=O)NCc3ccc(C(=O)O)cc3)c3c2cnn3Cc2ccc(Cl)cc2)n1. The van der Waals surface area contributed by atoms with Gasteiger partial charge in [-0.25, -0.2) is 4.79 Å². The Morgan fingerprint density at radius 2 is 1.74 bits per heavy atom. The zero-order valence-electron chi connectivity index (χ0n) is 18.2. The van der Waals surface area contributed by atoms with E-state index in [9.17, 15) is 9.59 Å². The van der Waals surface area contributed by atoms with Crippen LogP contribution in [0.4, 0.5) is 0 Å². The highest BCUT2D eigenvalue weighted by Crippen LogP contribution is 2.29. The van der Waals surface area contributed by atoms with Crippen molar-refractivity contribution in [2.45, 2.75) is 13.1 Å². The molecule has 9 heteroatoms. The summed E-state index contributed by atoms with van der Waals surface area (Å²) in [4.78, 5) is 24.4. The topological polar surface area (TPSA) is 102 Å². The van der Waals surface area contributed by atoms with Crippen LogP contribution in [0, 0.1) is 0 Å². The largest absolute Gasteiger partial charge is 0.478 e. The molecule has 0 spiro atoms. The number of hydrogen-bond acceptors (Lipinski definition) is 4. The van der Waals surface area contributed by atoms with Crippen LogP contribution < -0.4 is 5.32 Å². The fraction of sp³-hybridized carbons (Fsp3) is 0.120. The molecule has 34 heavy (non-hydrogen) atoms. The maximum Gasteiger partial charge on any atom is 0.335 e. The van der Waals surface area contributed by atoms with Gasteiger partial charge in [-0.1, -0.05) is 35.9 Å². The summed E-state index contributed by atoms with van der Waals surface area (Å²) in [5, 5.41) is 23.5. The molecule has 2 aromatic heterocycles. The number of amides is 1. The first-order valence-corrected chi connectivity index (χ1v) is 10.9. The van der Waals surface area contributed by atoms with Gasteiger partial charge in [0.1, 0.15) is 0 Å². The number of nitrogens with one attached hydrogen (secondary N) is 1. The number of carboxylic acid groups (broad SMARTS) is 1. The van der Waals surface area contributed by atoms with Gasteiger partial charge in [0.05, 0.1) is 34.9 Å². The quantitative estimate of drug-likeness (QED) is 0.384. The van der Waals surface area contributed by atoms with Crippen molar-refractivity contribution in [3.05, 3.63) is 94.3 Å². The van der Waals surface area contributed by atoms with Gasteiger partial charge in [0.25, 0.3) is 5.91 Å². The third-order valence-electron chi connectivity index (χ3n) is 5.67. The van der Waals surface area contributed by atoms with Crippen LogP contribution in [-0.4, -0.2) is 36.5 Å². The lowest BCUT2D eigenvalue weighted by atomic mass is 10.1. The van der Waals surface area contributed by atoms with Crippen molar-refractivity contribution >= 4 is 45.3 Å². The fourth-order valence-electron chi connectivity index (χ4n) is 3.99. The Morgan fingerprint density at radius 1 is 1.03 bits per heavy atom. The first-order valence-electron chi connectivity index (χ1n) is 10.6. The second-order valence-electron chi connectivity index (χ2n) is 8.04. The molecule has 0 fully saturated rings. The molecule has 0 saturated carbocycles. The van der Waals surface area contributed by atoms with Crippen LogP contribution in [-0.2, 0) is 20.1 Å². The molecule has 3 aromatic carbocycles. The second kappa shape index (κ2) is 8.64. The predicted molar refractivity (Wildman–Crippen MR) is 129 cm³/mol. The normalized spacial score (nSPS) is 11.2. The molecular formula is C25H20ClN5O3. The summed E-state index contributed by atoms with van der Waals surface area (Å²) in [6.07, 6.45) is 3.67. The number of carbonyl (C=O) groups excluding carboxylic acids is 1. The van der Waals surface area contributed by atoms with Crippen molar-refractivity contribution in [2.75, 3.05) is 0 Å². The van der Waals surface area contributed by atoms with Gasteiger partial charge < -0.3 is 10.4 Å². The zero-order chi connectivity index (χ0) is 23.8. The lowest BCUT2D eigenvalue weighted by Crippen LogP contribution is -2.23. The third-order valence-corrected chi connectivity index (χ3v) is 5.92. The first kappa shape index (κ1) is 21.7. The van der Waals surface area contributed by atoms with Crippen LogP contribution in [0.2, 0.25) is 5.02 Å². The van der Waals surface area contributed by atoms with E-state index in [0.717, 1.165) is 21.9 Å². The second-order valence-corrected chi connectivity index (χ2v) is 8.47. The van der Waals surface area contributed by atoms with Crippen LogP contribution in [0.15, 0.2) is 67.0 Å². The van der Waals surface area contributed by atoms with E-state index in [1.54, 1.807) is 29.1 Å². The van der Waals surface area contributed by atoms with Gasteiger partial charge in [-0.15, -0.1) is 0 Å². The smallest absolute Gasteiger partial charge is 0.335 e. The Kier molecular flexibility index (Phi) is 5.51. The number of halogens is 1. The summed E-state index contributed by atoms with van der Waals surface area (Å²) in [7, 11) is 1.84. The highest BCUT2D eigenvalue weighted by Gasteiger charge is 2.19. The number of carbonyl (C=O) groups is 2. The predicted octanol–water partition coefficient (Wildman–Crippen LogP) is 4.25. The summed E-state index contributed by atoms with van der Waals surface area (Å²) < 4.78 is 3.52. The van der Waals surface area contributed by atoms with Crippen molar-refractivity contribution in [1.82, 2.24) is 24.9 Å². The number of benzene rings is 3. The standard InChI is InChI=1S/C25H20ClN5O3/c1-30-14-21-20-12-28-31(13-16-4-8-18(26)9-5-16)23(20)19(10-22(21)29-30)24(32)27-11-15-2-6-17(7-3-15)25(33)34/h2-10,12,14H,11,13H2,1H3,(H,27,32)(H,33,34). The van der Waals surface area contributed by atoms with E-state index >= 15 is 0 Å². The molecule has 0 unspecified atom stereocenters. The lowest BCUT2D eigenvalue weighted by Gasteiger charge is -2.10. The Bertz CT molecular complexity index is 1540. The monoisotopic (exact) mass is 473 g/mol. The van der Waals surface area contributed by atoms with Gasteiger partial charge in [0.2, 0.25) is 0 Å². The van der Waals surface area contributed by atoms with Crippen molar-refractivity contribution in [3.63, 3.8) is 0 Å². The van der Waals surface area contributed by atoms with Crippen molar-refractivity contribution < 1.29 is 14.7 Å². The molecule has 2 N–H and O–H groups in total. The molecule has 0 aliphatic heterocycles. The van der Waals surface area contributed by atoms with E-state index in [1.807, 2.05) is 42.2 Å². The van der Waals surface area contributed by atoms with Crippen LogP contribution in [0.3, 0.4) is 0 Å².